The molecule has 3 N–H and O–H groups in total. The van der Waals surface area contributed by atoms with E-state index < -0.39 is 17.7 Å². The van der Waals surface area contributed by atoms with Gasteiger partial charge in [-0.15, -0.1) is 0 Å². The van der Waals surface area contributed by atoms with Crippen molar-refractivity contribution in [1.82, 2.24) is 5.32 Å². The monoisotopic (exact) mass is 257 g/mol. The molecular weight excluding hydrogens is 240 g/mol. The van der Waals surface area contributed by atoms with Gasteiger partial charge in [-0.2, -0.15) is 0 Å². The predicted octanol–water partition coefficient (Wildman–Crippen LogP) is 1.19. The van der Waals surface area contributed by atoms with Crippen molar-refractivity contribution in [3.8, 4) is 0 Å². The van der Waals surface area contributed by atoms with Crippen LogP contribution in [-0.4, -0.2) is 29.0 Å². The zero-order valence-electron chi connectivity index (χ0n) is 9.94. The van der Waals surface area contributed by atoms with Crippen LogP contribution < -0.4 is 5.32 Å². The van der Waals surface area contributed by atoms with Crippen molar-refractivity contribution in [2.45, 2.75) is 31.5 Å². The summed E-state index contributed by atoms with van der Waals surface area (Å²) in [6.45, 7) is 0.256. The quantitative estimate of drug-likeness (QED) is 0.759. The number of nitrogens with one attached hydrogen (secondary N) is 1. The van der Waals surface area contributed by atoms with Crippen molar-refractivity contribution in [1.29, 1.82) is 0 Å². The molecule has 0 radical (unpaired) electrons. The fraction of sp³-hybridized carbons (Fsp3) is 0.538. The minimum absolute atomic E-state index is 0.0374. The topological polar surface area (TPSA) is 52.5 Å². The van der Waals surface area contributed by atoms with Crippen molar-refractivity contribution >= 4 is 0 Å². The maximum Gasteiger partial charge on any atom is 0.130 e. The highest BCUT2D eigenvalue weighted by molar-refractivity contribution is 5.18. The van der Waals surface area contributed by atoms with Gasteiger partial charge >= 0.3 is 0 Å². The first kappa shape index (κ1) is 13.4. The standard InChI is InChI=1S/C13H17F2NO2/c14-10-2-1-8(12(15)4-10)6-16-11-3-9(7-17)13(18)5-11/h1-2,4,9,11,13,16-18H,3,5-7H2/t9-,11-,13+/m0/s1. The van der Waals surface area contributed by atoms with E-state index in [0.717, 1.165) is 6.07 Å². The van der Waals surface area contributed by atoms with E-state index in [0.29, 0.717) is 24.9 Å². The molecule has 5 heteroatoms. The van der Waals surface area contributed by atoms with Gasteiger partial charge in [0.2, 0.25) is 0 Å². The molecule has 3 nitrogen and oxygen atoms in total. The summed E-state index contributed by atoms with van der Waals surface area (Å²) in [5.74, 6) is -1.27. The number of aliphatic hydroxyl groups excluding tert-OH is 2. The molecule has 18 heavy (non-hydrogen) atoms. The van der Waals surface area contributed by atoms with Crippen LogP contribution in [0, 0.1) is 17.6 Å². The minimum Gasteiger partial charge on any atom is -0.396 e. The van der Waals surface area contributed by atoms with E-state index >= 15 is 0 Å². The lowest BCUT2D eigenvalue weighted by atomic mass is 10.1. The maximum absolute atomic E-state index is 13.4. The second kappa shape index (κ2) is 5.73. The molecule has 0 saturated heterocycles. The third kappa shape index (κ3) is 3.04. The van der Waals surface area contributed by atoms with E-state index in [-0.39, 0.29) is 18.6 Å². The van der Waals surface area contributed by atoms with Crippen molar-refractivity contribution < 1.29 is 19.0 Å². The Bertz CT molecular complexity index is 414. The average molecular weight is 257 g/mol. The SMILES string of the molecule is OC[C@@H]1C[C@H](NCc2ccc(F)cc2F)C[C@H]1O. The fourth-order valence-electron chi connectivity index (χ4n) is 2.38. The molecule has 2 rings (SSSR count). The van der Waals surface area contributed by atoms with Crippen LogP contribution in [0.15, 0.2) is 18.2 Å². The van der Waals surface area contributed by atoms with Crippen molar-refractivity contribution in [3.63, 3.8) is 0 Å². The Balaban J connectivity index is 1.89. The lowest BCUT2D eigenvalue weighted by Crippen LogP contribution is -2.27. The van der Waals surface area contributed by atoms with Gasteiger partial charge in [0.05, 0.1) is 6.10 Å². The van der Waals surface area contributed by atoms with Gasteiger partial charge in [0.15, 0.2) is 0 Å². The van der Waals surface area contributed by atoms with Crippen LogP contribution >= 0.6 is 0 Å². The summed E-state index contributed by atoms with van der Waals surface area (Å²) in [6.07, 6.45) is 0.708. The highest BCUT2D eigenvalue weighted by Gasteiger charge is 2.31. The summed E-state index contributed by atoms with van der Waals surface area (Å²) >= 11 is 0. The number of hydrogen-bond donors (Lipinski definition) is 3. The van der Waals surface area contributed by atoms with Crippen molar-refractivity contribution in [2.24, 2.45) is 5.92 Å². The Morgan fingerprint density at radius 1 is 1.28 bits per heavy atom. The average Bonchev–Trinajstić information content (AvgIpc) is 2.69. The van der Waals surface area contributed by atoms with E-state index in [9.17, 15) is 13.9 Å². The first-order valence-corrected chi connectivity index (χ1v) is 6.06. The second-order valence-corrected chi connectivity index (χ2v) is 4.79. The molecule has 100 valence electrons. The third-order valence-electron chi connectivity index (χ3n) is 3.49. The zero-order chi connectivity index (χ0) is 13.1. The minimum atomic E-state index is -0.590. The fourth-order valence-corrected chi connectivity index (χ4v) is 2.38. The number of hydrogen-bond acceptors (Lipinski definition) is 3. The number of halogens is 2. The van der Waals surface area contributed by atoms with Gasteiger partial charge in [0.25, 0.3) is 0 Å². The summed E-state index contributed by atoms with van der Waals surface area (Å²) in [5.41, 5.74) is 0.401. The summed E-state index contributed by atoms with van der Waals surface area (Å²) in [5, 5.41) is 21.8. The van der Waals surface area contributed by atoms with E-state index in [1.165, 1.54) is 12.1 Å². The molecule has 1 aliphatic carbocycles. The van der Waals surface area contributed by atoms with Gasteiger partial charge in [-0.25, -0.2) is 8.78 Å². The van der Waals surface area contributed by atoms with Crippen molar-refractivity contribution in [3.05, 3.63) is 35.4 Å². The first-order valence-electron chi connectivity index (χ1n) is 6.06. The Hall–Kier alpha value is -1.04. The van der Waals surface area contributed by atoms with E-state index in [1.54, 1.807) is 0 Å². The molecule has 1 aliphatic rings. The normalized spacial score (nSPS) is 27.7. The smallest absolute Gasteiger partial charge is 0.130 e. The van der Waals surface area contributed by atoms with Crippen LogP contribution in [0.3, 0.4) is 0 Å². The second-order valence-electron chi connectivity index (χ2n) is 4.79. The van der Waals surface area contributed by atoms with Gasteiger partial charge in [-0.3, -0.25) is 0 Å². The molecule has 0 bridgehead atoms. The number of aliphatic hydroxyl groups is 2. The lowest BCUT2D eigenvalue weighted by Gasteiger charge is -2.12. The molecule has 1 aromatic rings. The molecule has 0 unspecified atom stereocenters. The molecule has 1 saturated carbocycles. The highest BCUT2D eigenvalue weighted by Crippen LogP contribution is 2.26. The summed E-state index contributed by atoms with van der Waals surface area (Å²) in [7, 11) is 0. The maximum atomic E-state index is 13.4. The highest BCUT2D eigenvalue weighted by atomic mass is 19.1. The molecule has 0 spiro atoms. The van der Waals surface area contributed by atoms with E-state index in [1.807, 2.05) is 0 Å². The van der Waals surface area contributed by atoms with Crippen LogP contribution in [0.1, 0.15) is 18.4 Å². The van der Waals surface area contributed by atoms with Crippen LogP contribution in [0.5, 0.6) is 0 Å². The lowest BCUT2D eigenvalue weighted by molar-refractivity contribution is 0.0907. The van der Waals surface area contributed by atoms with Gasteiger partial charge in [0.1, 0.15) is 11.6 Å². The number of benzene rings is 1. The van der Waals surface area contributed by atoms with Crippen molar-refractivity contribution in [2.75, 3.05) is 6.61 Å². The number of rotatable bonds is 4. The first-order chi connectivity index (χ1) is 8.60. The molecule has 0 heterocycles. The Labute approximate surface area is 104 Å². The summed E-state index contributed by atoms with van der Waals surface area (Å²) < 4.78 is 26.1. The predicted molar refractivity (Wildman–Crippen MR) is 62.8 cm³/mol. The van der Waals surface area contributed by atoms with Crippen LogP contribution in [-0.2, 0) is 6.54 Å². The van der Waals surface area contributed by atoms with Crippen LogP contribution in [0.2, 0.25) is 0 Å². The van der Waals surface area contributed by atoms with Gasteiger partial charge in [0, 0.05) is 36.7 Å². The molecule has 0 aliphatic heterocycles. The van der Waals surface area contributed by atoms with Crippen LogP contribution in [0.25, 0.3) is 0 Å². The van der Waals surface area contributed by atoms with E-state index in [4.69, 9.17) is 5.11 Å². The third-order valence-corrected chi connectivity index (χ3v) is 3.49. The largest absolute Gasteiger partial charge is 0.396 e. The summed E-state index contributed by atoms with van der Waals surface area (Å²) in [6, 6.07) is 3.55. The molecule has 1 fully saturated rings. The molecule has 0 aromatic heterocycles. The summed E-state index contributed by atoms with van der Waals surface area (Å²) in [4.78, 5) is 0. The Morgan fingerprint density at radius 3 is 2.67 bits per heavy atom. The Morgan fingerprint density at radius 2 is 2.06 bits per heavy atom. The van der Waals surface area contributed by atoms with Gasteiger partial charge in [-0.05, 0) is 18.9 Å². The van der Waals surface area contributed by atoms with Gasteiger partial charge < -0.3 is 15.5 Å². The molecular formula is C13H17F2NO2. The zero-order valence-corrected chi connectivity index (χ0v) is 9.94. The molecule has 3 atom stereocenters. The Kier molecular flexibility index (Phi) is 4.27. The van der Waals surface area contributed by atoms with E-state index in [2.05, 4.69) is 5.32 Å². The molecule has 1 aromatic carbocycles. The molecule has 0 amide bonds. The van der Waals surface area contributed by atoms with Crippen LogP contribution in [0.4, 0.5) is 8.78 Å². The van der Waals surface area contributed by atoms with Gasteiger partial charge in [-0.1, -0.05) is 6.07 Å².